The quantitative estimate of drug-likeness (QED) is 0.568. The fraction of sp³-hybridized carbons (Fsp3) is 0.933. The second-order valence-electron chi connectivity index (χ2n) is 6.14. The maximum Gasteiger partial charge on any atom is 0.191 e. The average molecular weight is 266 g/mol. The lowest BCUT2D eigenvalue weighted by molar-refractivity contribution is 0.187. The second-order valence-corrected chi connectivity index (χ2v) is 6.14. The molecule has 0 amide bonds. The summed E-state index contributed by atoms with van der Waals surface area (Å²) >= 11 is 0. The van der Waals surface area contributed by atoms with Crippen LogP contribution in [-0.4, -0.2) is 50.1 Å². The molecule has 1 saturated heterocycles. The fourth-order valence-electron chi connectivity index (χ4n) is 2.68. The van der Waals surface area contributed by atoms with Crippen molar-refractivity contribution in [2.75, 3.05) is 39.3 Å². The predicted molar refractivity (Wildman–Crippen MR) is 81.5 cm³/mol. The van der Waals surface area contributed by atoms with Crippen LogP contribution in [0.15, 0.2) is 4.99 Å². The Balaban J connectivity index is 1.64. The normalized spacial score (nSPS) is 25.4. The molecule has 110 valence electrons. The minimum atomic E-state index is 0.860. The minimum absolute atomic E-state index is 0.860. The van der Waals surface area contributed by atoms with Gasteiger partial charge in [-0.25, -0.2) is 0 Å². The summed E-state index contributed by atoms with van der Waals surface area (Å²) in [4.78, 5) is 7.22. The zero-order valence-corrected chi connectivity index (χ0v) is 12.6. The highest BCUT2D eigenvalue weighted by Crippen LogP contribution is 2.28. The smallest absolute Gasteiger partial charge is 0.191 e. The fourth-order valence-corrected chi connectivity index (χ4v) is 2.68. The molecule has 0 spiro atoms. The van der Waals surface area contributed by atoms with Crippen LogP contribution in [0, 0.1) is 11.8 Å². The molecule has 0 aromatic carbocycles. The summed E-state index contributed by atoms with van der Waals surface area (Å²) in [6, 6.07) is 0. The molecule has 1 heterocycles. The molecule has 4 heteroatoms. The van der Waals surface area contributed by atoms with Crippen molar-refractivity contribution in [2.24, 2.45) is 16.8 Å². The SMILES string of the molecule is CCNC(=NCC1CC1)NCCN1CCCC(C)C1. The number of likely N-dealkylation sites (tertiary alicyclic amines) is 1. The first kappa shape index (κ1) is 14.6. The van der Waals surface area contributed by atoms with Crippen molar-refractivity contribution in [2.45, 2.75) is 39.5 Å². The molecule has 4 nitrogen and oxygen atoms in total. The molecule has 19 heavy (non-hydrogen) atoms. The van der Waals surface area contributed by atoms with Gasteiger partial charge < -0.3 is 15.5 Å². The van der Waals surface area contributed by atoms with E-state index in [1.165, 1.54) is 38.8 Å². The van der Waals surface area contributed by atoms with E-state index in [0.29, 0.717) is 0 Å². The van der Waals surface area contributed by atoms with Crippen molar-refractivity contribution in [1.82, 2.24) is 15.5 Å². The van der Waals surface area contributed by atoms with Gasteiger partial charge in [-0.1, -0.05) is 6.92 Å². The molecular formula is C15H30N4. The Kier molecular flexibility index (Phi) is 5.95. The van der Waals surface area contributed by atoms with E-state index in [4.69, 9.17) is 0 Å². The minimum Gasteiger partial charge on any atom is -0.357 e. The van der Waals surface area contributed by atoms with E-state index in [9.17, 15) is 0 Å². The third-order valence-electron chi connectivity index (χ3n) is 4.01. The van der Waals surface area contributed by atoms with Gasteiger partial charge in [0.1, 0.15) is 0 Å². The van der Waals surface area contributed by atoms with Crippen molar-refractivity contribution in [3.8, 4) is 0 Å². The third-order valence-corrected chi connectivity index (χ3v) is 4.01. The summed E-state index contributed by atoms with van der Waals surface area (Å²) in [6.07, 6.45) is 5.50. The van der Waals surface area contributed by atoms with Gasteiger partial charge in [0.05, 0.1) is 0 Å². The van der Waals surface area contributed by atoms with Gasteiger partial charge in [-0.3, -0.25) is 4.99 Å². The Morgan fingerprint density at radius 3 is 2.79 bits per heavy atom. The lowest BCUT2D eigenvalue weighted by atomic mass is 10.0. The molecule has 1 saturated carbocycles. The van der Waals surface area contributed by atoms with Crippen LogP contribution in [0.1, 0.15) is 39.5 Å². The first-order valence-electron chi connectivity index (χ1n) is 8.02. The molecular weight excluding hydrogens is 236 g/mol. The largest absolute Gasteiger partial charge is 0.357 e. The van der Waals surface area contributed by atoms with Crippen molar-refractivity contribution >= 4 is 5.96 Å². The van der Waals surface area contributed by atoms with Crippen molar-refractivity contribution in [3.63, 3.8) is 0 Å². The first-order valence-corrected chi connectivity index (χ1v) is 8.02. The van der Waals surface area contributed by atoms with Crippen molar-refractivity contribution in [3.05, 3.63) is 0 Å². The average Bonchev–Trinajstić information content (AvgIpc) is 3.20. The monoisotopic (exact) mass is 266 g/mol. The summed E-state index contributed by atoms with van der Waals surface area (Å²) in [7, 11) is 0. The Morgan fingerprint density at radius 2 is 2.11 bits per heavy atom. The van der Waals surface area contributed by atoms with Crippen LogP contribution in [0.5, 0.6) is 0 Å². The zero-order chi connectivity index (χ0) is 13.5. The number of hydrogen-bond acceptors (Lipinski definition) is 2. The standard InChI is InChI=1S/C15H30N4/c1-3-16-15(18-11-14-6-7-14)17-8-10-19-9-4-5-13(2)12-19/h13-14H,3-12H2,1-2H3,(H2,16,17,18). The van der Waals surface area contributed by atoms with Crippen molar-refractivity contribution < 1.29 is 0 Å². The first-order chi connectivity index (χ1) is 9.28. The van der Waals surface area contributed by atoms with Crippen molar-refractivity contribution in [1.29, 1.82) is 0 Å². The van der Waals surface area contributed by atoms with Gasteiger partial charge in [0.15, 0.2) is 5.96 Å². The number of aliphatic imine (C=N–C) groups is 1. The number of nitrogens with one attached hydrogen (secondary N) is 2. The maximum absolute atomic E-state index is 4.65. The Hall–Kier alpha value is -0.770. The van der Waals surface area contributed by atoms with E-state index >= 15 is 0 Å². The van der Waals surface area contributed by atoms with Crippen LogP contribution in [0.2, 0.25) is 0 Å². The summed E-state index contributed by atoms with van der Waals surface area (Å²) in [6.45, 7) is 11.1. The molecule has 2 rings (SSSR count). The molecule has 0 aromatic rings. The summed E-state index contributed by atoms with van der Waals surface area (Å²) < 4.78 is 0. The molecule has 2 aliphatic rings. The summed E-state index contributed by atoms with van der Waals surface area (Å²) in [5, 5.41) is 6.80. The molecule has 0 aromatic heterocycles. The lowest BCUT2D eigenvalue weighted by Crippen LogP contribution is -2.43. The number of nitrogens with zero attached hydrogens (tertiary/aromatic N) is 2. The molecule has 2 fully saturated rings. The van der Waals surface area contributed by atoms with E-state index in [0.717, 1.165) is 44.0 Å². The highest BCUT2D eigenvalue weighted by Gasteiger charge is 2.20. The Bertz CT molecular complexity index is 286. The lowest BCUT2D eigenvalue weighted by Gasteiger charge is -2.30. The Morgan fingerprint density at radius 1 is 1.26 bits per heavy atom. The van der Waals surface area contributed by atoms with Gasteiger partial charge in [-0.2, -0.15) is 0 Å². The van der Waals surface area contributed by atoms with E-state index < -0.39 is 0 Å². The molecule has 1 aliphatic heterocycles. The van der Waals surface area contributed by atoms with E-state index in [2.05, 4.69) is 34.4 Å². The highest BCUT2D eigenvalue weighted by molar-refractivity contribution is 5.79. The molecule has 1 atom stereocenters. The topological polar surface area (TPSA) is 39.7 Å². The van der Waals surface area contributed by atoms with Gasteiger partial charge >= 0.3 is 0 Å². The molecule has 0 bridgehead atoms. The molecule has 1 unspecified atom stereocenters. The highest BCUT2D eigenvalue weighted by atomic mass is 15.2. The van der Waals surface area contributed by atoms with Gasteiger partial charge in [-0.05, 0) is 51.0 Å². The number of rotatable bonds is 6. The van der Waals surface area contributed by atoms with Gasteiger partial charge in [0.25, 0.3) is 0 Å². The zero-order valence-electron chi connectivity index (χ0n) is 12.6. The van der Waals surface area contributed by atoms with Gasteiger partial charge in [0, 0.05) is 32.7 Å². The molecule has 2 N–H and O–H groups in total. The summed E-state index contributed by atoms with van der Waals surface area (Å²) in [5.41, 5.74) is 0. The Labute approximate surface area is 118 Å². The third kappa shape index (κ3) is 5.81. The molecule has 0 radical (unpaired) electrons. The van der Waals surface area contributed by atoms with Gasteiger partial charge in [0.2, 0.25) is 0 Å². The number of piperidine rings is 1. The van der Waals surface area contributed by atoms with Crippen LogP contribution in [-0.2, 0) is 0 Å². The van der Waals surface area contributed by atoms with Crippen LogP contribution < -0.4 is 10.6 Å². The number of guanidine groups is 1. The molecule has 1 aliphatic carbocycles. The predicted octanol–water partition coefficient (Wildman–Crippen LogP) is 1.68. The number of hydrogen-bond donors (Lipinski definition) is 2. The van der Waals surface area contributed by atoms with Crippen LogP contribution in [0.25, 0.3) is 0 Å². The second kappa shape index (κ2) is 7.73. The van der Waals surface area contributed by atoms with Crippen LogP contribution in [0.4, 0.5) is 0 Å². The van der Waals surface area contributed by atoms with E-state index in [1.54, 1.807) is 0 Å². The van der Waals surface area contributed by atoms with Gasteiger partial charge in [-0.15, -0.1) is 0 Å². The van der Waals surface area contributed by atoms with Crippen LogP contribution >= 0.6 is 0 Å². The van der Waals surface area contributed by atoms with E-state index in [-0.39, 0.29) is 0 Å². The van der Waals surface area contributed by atoms with E-state index in [1.807, 2.05) is 0 Å². The van der Waals surface area contributed by atoms with Crippen LogP contribution in [0.3, 0.4) is 0 Å². The maximum atomic E-state index is 4.65. The summed E-state index contributed by atoms with van der Waals surface area (Å²) in [5.74, 6) is 2.73.